The van der Waals surface area contributed by atoms with Crippen molar-refractivity contribution in [1.29, 1.82) is 0 Å². The molecule has 2 bridgehead atoms. The van der Waals surface area contributed by atoms with Crippen LogP contribution in [0.2, 0.25) is 0 Å². The molecule has 0 radical (unpaired) electrons. The van der Waals surface area contributed by atoms with Crippen LogP contribution in [0.4, 0.5) is 16.0 Å². The van der Waals surface area contributed by atoms with Gasteiger partial charge in [0.2, 0.25) is 0 Å². The number of aliphatic hydroxyl groups excluding tert-OH is 2. The van der Waals surface area contributed by atoms with E-state index in [-0.39, 0.29) is 5.65 Å². The molecule has 7 rings (SSSR count). The molecule has 4 aromatic rings. The first-order valence-corrected chi connectivity index (χ1v) is 19.8. The first-order chi connectivity index (χ1) is 24.2. The summed E-state index contributed by atoms with van der Waals surface area (Å²) in [5.74, 6) is 0.860. The number of alkyl halides is 1. The van der Waals surface area contributed by atoms with E-state index in [1.54, 1.807) is 11.5 Å². The molecule has 19 nitrogen and oxygen atoms in total. The molecule has 266 valence electrons. The fourth-order valence-electron chi connectivity index (χ4n) is 6.43. The van der Waals surface area contributed by atoms with Crippen molar-refractivity contribution in [3.63, 3.8) is 0 Å². The molecule has 3 aliphatic heterocycles. The third-order valence-corrected chi connectivity index (χ3v) is 10.2. The number of ether oxygens (including phenoxy) is 3. The van der Waals surface area contributed by atoms with Crippen LogP contribution < -0.4 is 10.6 Å². The molecule has 3 fully saturated rings. The maximum Gasteiger partial charge on any atom is 0.582 e. The Morgan fingerprint density at radius 2 is 1.50 bits per heavy atom. The zero-order valence-electron chi connectivity index (χ0n) is 25.9. The number of nitrogens with one attached hydrogen (secondary N) is 2. The molecule has 0 amide bonds. The number of hydrogen-bond acceptors (Lipinski definition) is 17. The molecule has 4 aromatic heterocycles. The molecule has 0 aromatic carbocycles. The number of fused-ring (bicyclic) bond motifs is 4. The van der Waals surface area contributed by atoms with Gasteiger partial charge in [-0.1, -0.05) is 12.2 Å². The topological polar surface area (TPSA) is 232 Å². The van der Waals surface area contributed by atoms with Gasteiger partial charge in [0.05, 0.1) is 32.0 Å². The van der Waals surface area contributed by atoms with Crippen molar-refractivity contribution in [2.75, 3.05) is 36.9 Å². The molecule has 3 aliphatic rings. The Hall–Kier alpha value is -3.01. The minimum absolute atomic E-state index is 0.282. The Morgan fingerprint density at radius 3 is 2.04 bits per heavy atom. The first kappa shape index (κ1) is 35.4. The predicted octanol–water partition coefficient (Wildman–Crippen LogP) is 2.27. The van der Waals surface area contributed by atoms with Gasteiger partial charge in [-0.05, 0) is 16.1 Å². The van der Waals surface area contributed by atoms with Crippen molar-refractivity contribution in [1.82, 2.24) is 39.0 Å². The van der Waals surface area contributed by atoms with E-state index in [9.17, 15) is 19.3 Å². The third-order valence-electron chi connectivity index (χ3n) is 8.77. The molecule has 24 heteroatoms. The van der Waals surface area contributed by atoms with E-state index in [4.69, 9.17) is 23.3 Å². The first-order valence-electron chi connectivity index (χ1n) is 15.1. The maximum absolute atomic E-state index is 15.3. The average molecular weight is 773 g/mol. The van der Waals surface area contributed by atoms with Gasteiger partial charge in [0.1, 0.15) is 49.4 Å². The number of nitrogens with zero attached hydrogens (tertiary/aromatic N) is 8. The summed E-state index contributed by atoms with van der Waals surface area (Å²) in [4.78, 5) is 26.0. The highest BCUT2D eigenvalue weighted by atomic mass is 32.7. The fraction of sp³-hybridized carbons (Fsp3) is 0.538. The van der Waals surface area contributed by atoms with Gasteiger partial charge in [-0.2, -0.15) is 0 Å². The smallest absolute Gasteiger partial charge is 0.394 e. The lowest BCUT2D eigenvalue weighted by Gasteiger charge is -2.34. The van der Waals surface area contributed by atoms with Gasteiger partial charge < -0.3 is 35.1 Å². The summed E-state index contributed by atoms with van der Waals surface area (Å²) in [6.07, 6.45) is 1.13. The lowest BCUT2D eigenvalue weighted by atomic mass is 9.94. The second kappa shape index (κ2) is 14.5. The summed E-state index contributed by atoms with van der Waals surface area (Å²) in [6.45, 7) is 1.52. The number of aromatic nitrogens is 8. The van der Waals surface area contributed by atoms with Crippen LogP contribution in [-0.2, 0) is 32.4 Å². The van der Waals surface area contributed by atoms with Crippen molar-refractivity contribution in [2.45, 2.75) is 61.7 Å². The van der Waals surface area contributed by atoms with Gasteiger partial charge in [0.15, 0.2) is 70.4 Å². The van der Waals surface area contributed by atoms with Gasteiger partial charge >= 0.3 is 14.5 Å². The largest absolute Gasteiger partial charge is 0.582 e. The van der Waals surface area contributed by atoms with Crippen LogP contribution in [0.15, 0.2) is 37.5 Å². The molecule has 0 saturated carbocycles. The average Bonchev–Trinajstić information content (AvgIpc) is 3.90. The third kappa shape index (κ3) is 6.25. The van der Waals surface area contributed by atoms with E-state index in [0.717, 1.165) is 0 Å². The van der Waals surface area contributed by atoms with Crippen LogP contribution in [0.5, 0.6) is 0 Å². The van der Waals surface area contributed by atoms with Gasteiger partial charge in [-0.15, -0.1) is 9.05 Å². The summed E-state index contributed by atoms with van der Waals surface area (Å²) >= 11 is 7.57. The molecule has 6 unspecified atom stereocenters. The number of hydrogen-bond donors (Lipinski definition) is 6. The van der Waals surface area contributed by atoms with Gasteiger partial charge in [-0.3, -0.25) is 9.13 Å². The van der Waals surface area contributed by atoms with E-state index in [1.165, 1.54) is 29.9 Å². The van der Waals surface area contributed by atoms with Crippen molar-refractivity contribution in [3.8, 4) is 0 Å². The number of anilines is 2. The van der Waals surface area contributed by atoms with Gasteiger partial charge in [0.25, 0.3) is 0 Å². The molecule has 0 aliphatic carbocycles. The van der Waals surface area contributed by atoms with E-state index in [2.05, 4.69) is 65.0 Å². The summed E-state index contributed by atoms with van der Waals surface area (Å²) in [7, 11) is -4.71. The highest BCUT2D eigenvalue weighted by Crippen LogP contribution is 2.53. The number of aliphatic hydroxyl groups is 2. The second-order valence-corrected chi connectivity index (χ2v) is 14.8. The van der Waals surface area contributed by atoms with E-state index in [1.807, 2.05) is 12.2 Å². The Bertz CT molecular complexity index is 1950. The van der Waals surface area contributed by atoms with Crippen LogP contribution in [0, 0.1) is 0 Å². The quantitative estimate of drug-likeness (QED) is 0.0613. The summed E-state index contributed by atoms with van der Waals surface area (Å²) in [5.41, 5.74) is 0.332. The minimum Gasteiger partial charge on any atom is -0.394 e. The summed E-state index contributed by atoms with van der Waals surface area (Å²) < 4.78 is 70.1. The highest BCUT2D eigenvalue weighted by Gasteiger charge is 2.69. The highest BCUT2D eigenvalue weighted by molar-refractivity contribution is 8.39. The molecular weight excluding hydrogens is 741 g/mol. The Kier molecular flexibility index (Phi) is 10.3. The molecule has 4 N–H and O–H groups in total. The van der Waals surface area contributed by atoms with Crippen LogP contribution in [-0.4, -0.2) is 118 Å². The van der Waals surface area contributed by atoms with Crippen molar-refractivity contribution in [3.05, 3.63) is 37.5 Å². The zero-order valence-corrected chi connectivity index (χ0v) is 29.5. The number of imidazole rings is 2. The number of thiol groups is 2. The predicted molar refractivity (Wildman–Crippen MR) is 180 cm³/mol. The summed E-state index contributed by atoms with van der Waals surface area (Å²) in [6, 6.07) is 0. The molecule has 7 heterocycles. The number of halogens is 1. The van der Waals surface area contributed by atoms with Crippen molar-refractivity contribution in [2.24, 2.45) is 0 Å². The summed E-state index contributed by atoms with van der Waals surface area (Å²) in [5, 5.41) is 26.2. The second-order valence-electron chi connectivity index (χ2n) is 11.5. The standard InChI is InChI=1S/C26H29FN10O9P2S2/c1-12-26(7-39)19(46-48(41)50)18(42-12)25(44-26)37-11-35-16-21(31-9-33-23(16)37)29-5-3-2-4-28-20-15-22(32-8-30-20)36(10-34-15)24-14(27)17(45-47(40)49)13(6-38)43-24/h2-3,8-14,17-19,24-25,38-39H,4-7H2,1H3,(H2-2,28,29,30,31,32,33,40,41,49,50)/p+2/b3-2+/t12-,13?,14+,17+,18+,19-,24?,25?,26?/m0/s1. The Morgan fingerprint density at radius 1 is 0.920 bits per heavy atom. The molecule has 0 spiro atoms. The van der Waals surface area contributed by atoms with E-state index in [0.29, 0.717) is 41.4 Å². The lowest BCUT2D eigenvalue weighted by Crippen LogP contribution is -2.49. The Balaban J connectivity index is 0.984. The Labute approximate surface area is 294 Å². The van der Waals surface area contributed by atoms with Crippen LogP contribution in [0.1, 0.15) is 19.4 Å². The van der Waals surface area contributed by atoms with Gasteiger partial charge in [-0.25, -0.2) is 34.3 Å². The molecule has 3 saturated heterocycles. The fourth-order valence-corrected chi connectivity index (χ4v) is 8.01. The van der Waals surface area contributed by atoms with Crippen LogP contribution >= 0.6 is 39.0 Å². The normalized spacial score (nSPS) is 31.3. The van der Waals surface area contributed by atoms with E-state index >= 15 is 4.39 Å². The van der Waals surface area contributed by atoms with Crippen molar-refractivity contribution < 1.29 is 47.0 Å². The lowest BCUT2D eigenvalue weighted by molar-refractivity contribution is -0.216. The monoisotopic (exact) mass is 772 g/mol. The molecule has 11 atom stereocenters. The number of rotatable bonds is 14. The maximum atomic E-state index is 15.3. The minimum atomic E-state index is -2.43. The van der Waals surface area contributed by atoms with Gasteiger partial charge in [0, 0.05) is 13.1 Å². The molecular formula is C26H31FN10O9P2S2+2. The zero-order chi connectivity index (χ0) is 35.2. The van der Waals surface area contributed by atoms with Crippen LogP contribution in [0.25, 0.3) is 22.3 Å². The SMILES string of the molecule is C[C@@H]1O[C@H]2C(n3cnc4c(NC/C=C/CNc5ncnc6c5ncn6C5OC(CO)[C@@H](O[P+](=O)S)[C@H]5F)ncnc43)OC1(CO)[C@H]2O[P+](=O)S. The molecule has 50 heavy (non-hydrogen) atoms. The van der Waals surface area contributed by atoms with Crippen LogP contribution in [0.3, 0.4) is 0 Å². The van der Waals surface area contributed by atoms with Crippen molar-refractivity contribution >= 4 is 72.9 Å². The van der Waals surface area contributed by atoms with E-state index < -0.39 is 82.4 Å².